The van der Waals surface area contributed by atoms with Gasteiger partial charge in [-0.25, -0.2) is 8.42 Å². The molecule has 18 heavy (non-hydrogen) atoms. The predicted octanol–water partition coefficient (Wildman–Crippen LogP) is 1.36. The molecule has 1 aliphatic carbocycles. The van der Waals surface area contributed by atoms with E-state index in [9.17, 15) is 8.42 Å². The van der Waals surface area contributed by atoms with Gasteiger partial charge in [-0.3, -0.25) is 0 Å². The Balaban J connectivity index is 1.96. The topological polar surface area (TPSA) is 55.4 Å². The summed E-state index contributed by atoms with van der Waals surface area (Å²) < 4.78 is 30.1. The second-order valence-electron chi connectivity index (χ2n) is 5.58. The van der Waals surface area contributed by atoms with Gasteiger partial charge in [0, 0.05) is 19.3 Å². The Hall–Kier alpha value is -0.130. The SMILES string of the molecule is CNC(CS(=O)(=O)C1CCOCC1)C1CCCC1. The lowest BCUT2D eigenvalue weighted by Gasteiger charge is -2.27. The summed E-state index contributed by atoms with van der Waals surface area (Å²) in [6.07, 6.45) is 6.19. The quantitative estimate of drug-likeness (QED) is 0.823. The Morgan fingerprint density at radius 2 is 1.78 bits per heavy atom. The lowest BCUT2D eigenvalue weighted by molar-refractivity contribution is 0.0983. The van der Waals surface area contributed by atoms with Crippen LogP contribution < -0.4 is 5.32 Å². The van der Waals surface area contributed by atoms with E-state index in [0.29, 0.717) is 37.7 Å². The Morgan fingerprint density at radius 1 is 1.17 bits per heavy atom. The molecule has 1 saturated heterocycles. The molecule has 5 heteroatoms. The fraction of sp³-hybridized carbons (Fsp3) is 1.00. The van der Waals surface area contributed by atoms with Crippen LogP contribution in [0.4, 0.5) is 0 Å². The first kappa shape index (κ1) is 14.3. The minimum Gasteiger partial charge on any atom is -0.381 e. The Morgan fingerprint density at radius 3 is 2.33 bits per heavy atom. The zero-order chi connectivity index (χ0) is 13.0. The molecule has 1 aliphatic heterocycles. The van der Waals surface area contributed by atoms with Gasteiger partial charge < -0.3 is 10.1 Å². The van der Waals surface area contributed by atoms with Gasteiger partial charge in [-0.05, 0) is 38.6 Å². The van der Waals surface area contributed by atoms with E-state index < -0.39 is 9.84 Å². The Labute approximate surface area is 110 Å². The van der Waals surface area contributed by atoms with Crippen molar-refractivity contribution < 1.29 is 13.2 Å². The molecule has 0 radical (unpaired) electrons. The lowest BCUT2D eigenvalue weighted by Crippen LogP contribution is -2.42. The van der Waals surface area contributed by atoms with Crippen molar-refractivity contribution in [1.82, 2.24) is 5.32 Å². The molecule has 0 bridgehead atoms. The number of ether oxygens (including phenoxy) is 1. The van der Waals surface area contributed by atoms with Gasteiger partial charge in [0.1, 0.15) is 0 Å². The highest BCUT2D eigenvalue weighted by molar-refractivity contribution is 7.92. The molecule has 0 aromatic rings. The first-order valence-electron chi connectivity index (χ1n) is 7.10. The number of hydrogen-bond donors (Lipinski definition) is 1. The summed E-state index contributed by atoms with van der Waals surface area (Å²) in [6.45, 7) is 1.19. The van der Waals surface area contributed by atoms with E-state index in [-0.39, 0.29) is 11.3 Å². The van der Waals surface area contributed by atoms with Crippen LogP contribution in [0.5, 0.6) is 0 Å². The lowest BCUT2D eigenvalue weighted by atomic mass is 10.0. The highest BCUT2D eigenvalue weighted by Crippen LogP contribution is 2.29. The molecule has 1 atom stereocenters. The van der Waals surface area contributed by atoms with E-state index in [1.807, 2.05) is 7.05 Å². The van der Waals surface area contributed by atoms with Gasteiger partial charge in [-0.15, -0.1) is 0 Å². The van der Waals surface area contributed by atoms with E-state index in [2.05, 4.69) is 5.32 Å². The van der Waals surface area contributed by atoms with Gasteiger partial charge in [0.05, 0.1) is 11.0 Å². The van der Waals surface area contributed by atoms with Gasteiger partial charge in [-0.1, -0.05) is 12.8 Å². The van der Waals surface area contributed by atoms with E-state index >= 15 is 0 Å². The summed E-state index contributed by atoms with van der Waals surface area (Å²) in [5, 5.41) is 3.05. The maximum atomic E-state index is 12.4. The third-order valence-corrected chi connectivity index (χ3v) is 6.74. The molecule has 1 saturated carbocycles. The van der Waals surface area contributed by atoms with Crippen molar-refractivity contribution >= 4 is 9.84 Å². The summed E-state index contributed by atoms with van der Waals surface area (Å²) in [6, 6.07) is 0.139. The van der Waals surface area contributed by atoms with Crippen LogP contribution in [0.3, 0.4) is 0 Å². The molecule has 2 rings (SSSR count). The third-order valence-electron chi connectivity index (χ3n) is 4.43. The Kier molecular flexibility index (Phi) is 5.04. The van der Waals surface area contributed by atoms with Crippen LogP contribution in [-0.4, -0.2) is 45.7 Å². The van der Waals surface area contributed by atoms with Gasteiger partial charge in [0.25, 0.3) is 0 Å². The minimum absolute atomic E-state index is 0.139. The zero-order valence-electron chi connectivity index (χ0n) is 11.2. The van der Waals surface area contributed by atoms with E-state index in [1.165, 1.54) is 25.7 Å². The van der Waals surface area contributed by atoms with Crippen molar-refractivity contribution in [3.63, 3.8) is 0 Å². The fourth-order valence-corrected chi connectivity index (χ4v) is 5.36. The molecule has 2 fully saturated rings. The second kappa shape index (κ2) is 6.35. The summed E-state index contributed by atoms with van der Waals surface area (Å²) in [7, 11) is -1.08. The van der Waals surface area contributed by atoms with Gasteiger partial charge in [0.15, 0.2) is 9.84 Å². The average molecular weight is 275 g/mol. The van der Waals surface area contributed by atoms with E-state index in [0.717, 1.165) is 0 Å². The van der Waals surface area contributed by atoms with Crippen LogP contribution in [0.15, 0.2) is 0 Å². The number of rotatable bonds is 5. The van der Waals surface area contributed by atoms with Crippen LogP contribution in [0.2, 0.25) is 0 Å². The highest BCUT2D eigenvalue weighted by atomic mass is 32.2. The summed E-state index contributed by atoms with van der Waals surface area (Å²) in [5.74, 6) is 0.850. The van der Waals surface area contributed by atoms with Gasteiger partial charge in [0.2, 0.25) is 0 Å². The van der Waals surface area contributed by atoms with E-state index in [4.69, 9.17) is 4.74 Å². The second-order valence-corrected chi connectivity index (χ2v) is 7.91. The summed E-state index contributed by atoms with van der Waals surface area (Å²) in [4.78, 5) is 0. The first-order chi connectivity index (χ1) is 8.63. The summed E-state index contributed by atoms with van der Waals surface area (Å²) >= 11 is 0. The smallest absolute Gasteiger partial charge is 0.154 e. The maximum absolute atomic E-state index is 12.4. The fourth-order valence-electron chi connectivity index (χ4n) is 3.24. The summed E-state index contributed by atoms with van der Waals surface area (Å²) in [5.41, 5.74) is 0. The number of sulfone groups is 1. The van der Waals surface area contributed by atoms with Crippen molar-refractivity contribution in [2.24, 2.45) is 5.92 Å². The minimum atomic E-state index is -2.97. The predicted molar refractivity (Wildman–Crippen MR) is 72.4 cm³/mol. The monoisotopic (exact) mass is 275 g/mol. The maximum Gasteiger partial charge on any atom is 0.154 e. The molecule has 0 spiro atoms. The van der Waals surface area contributed by atoms with Crippen molar-refractivity contribution in [3.8, 4) is 0 Å². The van der Waals surface area contributed by atoms with E-state index in [1.54, 1.807) is 0 Å². The molecular weight excluding hydrogens is 250 g/mol. The van der Waals surface area contributed by atoms with Crippen molar-refractivity contribution in [2.45, 2.75) is 49.8 Å². The van der Waals surface area contributed by atoms with Crippen LogP contribution in [0, 0.1) is 5.92 Å². The molecule has 4 nitrogen and oxygen atoms in total. The molecule has 0 aromatic heterocycles. The average Bonchev–Trinajstić information content (AvgIpc) is 2.91. The van der Waals surface area contributed by atoms with Crippen LogP contribution in [0.25, 0.3) is 0 Å². The molecule has 0 amide bonds. The van der Waals surface area contributed by atoms with Crippen molar-refractivity contribution in [2.75, 3.05) is 26.0 Å². The van der Waals surface area contributed by atoms with Gasteiger partial charge >= 0.3 is 0 Å². The largest absolute Gasteiger partial charge is 0.381 e. The Bertz CT molecular complexity index is 343. The standard InChI is InChI=1S/C13H25NO3S/c1-14-13(11-4-2-3-5-11)10-18(15,16)12-6-8-17-9-7-12/h11-14H,2-10H2,1H3. The molecule has 1 heterocycles. The molecule has 106 valence electrons. The molecule has 2 aliphatic rings. The van der Waals surface area contributed by atoms with Crippen LogP contribution >= 0.6 is 0 Å². The molecular formula is C13H25NO3S. The molecule has 1 unspecified atom stereocenters. The normalized spacial score (nSPS) is 25.4. The first-order valence-corrected chi connectivity index (χ1v) is 8.81. The zero-order valence-corrected chi connectivity index (χ0v) is 12.0. The van der Waals surface area contributed by atoms with Crippen molar-refractivity contribution in [3.05, 3.63) is 0 Å². The third kappa shape index (κ3) is 3.45. The van der Waals surface area contributed by atoms with Crippen molar-refractivity contribution in [1.29, 1.82) is 0 Å². The number of nitrogens with one attached hydrogen (secondary N) is 1. The van der Waals surface area contributed by atoms with Crippen LogP contribution in [0.1, 0.15) is 38.5 Å². The van der Waals surface area contributed by atoms with Gasteiger partial charge in [-0.2, -0.15) is 0 Å². The molecule has 0 aromatic carbocycles. The number of hydrogen-bond acceptors (Lipinski definition) is 4. The van der Waals surface area contributed by atoms with Crippen LogP contribution in [-0.2, 0) is 14.6 Å². The molecule has 1 N–H and O–H groups in total. The highest BCUT2D eigenvalue weighted by Gasteiger charge is 2.33.